The van der Waals surface area contributed by atoms with E-state index in [-0.39, 0.29) is 11.5 Å². The van der Waals surface area contributed by atoms with Crippen molar-refractivity contribution in [1.82, 2.24) is 4.90 Å². The zero-order valence-corrected chi connectivity index (χ0v) is 23.0. The molecule has 0 atom stereocenters. The van der Waals surface area contributed by atoms with Crippen molar-refractivity contribution < 1.29 is 42.5 Å². The first-order valence-corrected chi connectivity index (χ1v) is 13.6. The number of piperidine rings is 2. The number of halogens is 3. The van der Waals surface area contributed by atoms with Crippen LogP contribution in [0.15, 0.2) is 42.5 Å². The van der Waals surface area contributed by atoms with Gasteiger partial charge in [-0.05, 0) is 100 Å². The molecule has 9 nitrogen and oxygen atoms in total. The first-order valence-electron chi connectivity index (χ1n) is 13.6. The van der Waals surface area contributed by atoms with Gasteiger partial charge in [-0.15, -0.1) is 0 Å². The lowest BCUT2D eigenvalue weighted by atomic mass is 9.92. The number of ether oxygens (including phenoxy) is 1. The molecule has 2 aliphatic rings. The number of nitrogens with one attached hydrogen (secondary N) is 1. The third kappa shape index (κ3) is 9.66. The number of hydrogen-bond acceptors (Lipinski definition) is 6. The van der Waals surface area contributed by atoms with E-state index < -0.39 is 18.1 Å². The maximum Gasteiger partial charge on any atom is 0.490 e. The van der Waals surface area contributed by atoms with Crippen molar-refractivity contribution in [2.75, 3.05) is 50.1 Å². The van der Waals surface area contributed by atoms with Crippen molar-refractivity contribution in [2.45, 2.75) is 44.7 Å². The molecule has 2 aromatic carbocycles. The van der Waals surface area contributed by atoms with Crippen molar-refractivity contribution in [1.29, 1.82) is 0 Å². The predicted octanol–water partition coefficient (Wildman–Crippen LogP) is 5.37. The third-order valence-corrected chi connectivity index (χ3v) is 7.34. The summed E-state index contributed by atoms with van der Waals surface area (Å²) >= 11 is 0. The van der Waals surface area contributed by atoms with Gasteiger partial charge in [0.05, 0.1) is 18.4 Å². The Morgan fingerprint density at radius 1 is 0.951 bits per heavy atom. The van der Waals surface area contributed by atoms with Gasteiger partial charge in [-0.3, -0.25) is 4.79 Å². The number of aromatic carboxylic acids is 1. The van der Waals surface area contributed by atoms with Crippen LogP contribution in [0.3, 0.4) is 0 Å². The highest BCUT2D eigenvalue weighted by atomic mass is 19.4. The SMILES string of the molecule is COc1ccc(C(=O)Nc2ccc(N3CCC(CCN4CCCCC4)CC3)c(C(=O)O)c2)cc1.O=C(O)C(F)(F)F. The van der Waals surface area contributed by atoms with Crippen LogP contribution in [0.4, 0.5) is 24.5 Å². The molecule has 0 spiro atoms. The summed E-state index contributed by atoms with van der Waals surface area (Å²) in [6, 6.07) is 12.0. The number of rotatable bonds is 8. The molecule has 0 aromatic heterocycles. The number of methoxy groups -OCH3 is 1. The molecule has 0 saturated carbocycles. The summed E-state index contributed by atoms with van der Waals surface area (Å²) in [5.41, 5.74) is 1.90. The van der Waals surface area contributed by atoms with Crippen LogP contribution >= 0.6 is 0 Å². The maximum absolute atomic E-state index is 12.6. The summed E-state index contributed by atoms with van der Waals surface area (Å²) in [6.45, 7) is 5.39. The lowest BCUT2D eigenvalue weighted by molar-refractivity contribution is -0.192. The molecule has 0 aliphatic carbocycles. The molecule has 0 bridgehead atoms. The van der Waals surface area contributed by atoms with E-state index in [1.807, 2.05) is 6.07 Å². The molecular weight excluding hydrogens is 543 g/mol. The molecule has 0 radical (unpaired) electrons. The Kier molecular flexibility index (Phi) is 11.4. The Hall–Kier alpha value is -3.80. The quantitative estimate of drug-likeness (QED) is 0.382. The molecule has 0 unspecified atom stereocenters. The van der Waals surface area contributed by atoms with Gasteiger partial charge in [-0.25, -0.2) is 9.59 Å². The van der Waals surface area contributed by atoms with E-state index in [4.69, 9.17) is 14.6 Å². The zero-order valence-electron chi connectivity index (χ0n) is 23.0. The summed E-state index contributed by atoms with van der Waals surface area (Å²) in [5, 5.41) is 19.8. The fourth-order valence-electron chi connectivity index (χ4n) is 5.02. The molecule has 2 fully saturated rings. The fourth-order valence-corrected chi connectivity index (χ4v) is 5.02. The predicted molar refractivity (Wildman–Crippen MR) is 148 cm³/mol. The number of benzene rings is 2. The minimum Gasteiger partial charge on any atom is -0.497 e. The van der Waals surface area contributed by atoms with E-state index in [1.54, 1.807) is 43.5 Å². The molecule has 224 valence electrons. The number of carboxylic acid groups (broad SMARTS) is 2. The Morgan fingerprint density at radius 2 is 1.56 bits per heavy atom. The van der Waals surface area contributed by atoms with Gasteiger partial charge in [0.15, 0.2) is 0 Å². The van der Waals surface area contributed by atoms with Crippen LogP contribution in [-0.2, 0) is 4.79 Å². The summed E-state index contributed by atoms with van der Waals surface area (Å²) in [5.74, 6) is -2.66. The molecule has 2 aromatic rings. The standard InChI is InChI=1S/C27H35N3O4.C2HF3O2/c1-34-23-8-5-21(6-9-23)26(31)28-22-7-10-25(24(19-22)27(32)33)30-17-12-20(13-18-30)11-16-29-14-3-2-4-15-29;3-2(4,5)1(6)7/h5-10,19-20H,2-4,11-18H2,1H3,(H,28,31)(H,32,33);(H,6,7). The summed E-state index contributed by atoms with van der Waals surface area (Å²) in [4.78, 5) is 38.3. The second-order valence-electron chi connectivity index (χ2n) is 10.1. The molecule has 2 heterocycles. The normalized spacial score (nSPS) is 16.3. The van der Waals surface area contributed by atoms with Gasteiger partial charge >= 0.3 is 18.1 Å². The van der Waals surface area contributed by atoms with Crippen molar-refractivity contribution in [3.05, 3.63) is 53.6 Å². The molecule has 4 rings (SSSR count). The maximum atomic E-state index is 12.6. The van der Waals surface area contributed by atoms with Crippen molar-refractivity contribution in [2.24, 2.45) is 5.92 Å². The highest BCUT2D eigenvalue weighted by molar-refractivity contribution is 6.05. The van der Waals surface area contributed by atoms with Crippen LogP contribution in [0, 0.1) is 5.92 Å². The second kappa shape index (κ2) is 14.7. The highest BCUT2D eigenvalue weighted by Gasteiger charge is 2.38. The number of alkyl halides is 3. The fraction of sp³-hybridized carbons (Fsp3) is 0.483. The number of likely N-dealkylation sites (tertiary alicyclic amines) is 1. The molecular formula is C29H36F3N3O6. The van der Waals surface area contributed by atoms with Crippen LogP contribution < -0.4 is 15.0 Å². The van der Waals surface area contributed by atoms with Gasteiger partial charge in [0.2, 0.25) is 0 Å². The zero-order chi connectivity index (χ0) is 30.0. The van der Waals surface area contributed by atoms with E-state index in [0.717, 1.165) is 31.6 Å². The monoisotopic (exact) mass is 579 g/mol. The lowest BCUT2D eigenvalue weighted by Gasteiger charge is -2.35. The minimum atomic E-state index is -5.08. The van der Waals surface area contributed by atoms with Crippen LogP contribution in [0.1, 0.15) is 59.2 Å². The van der Waals surface area contributed by atoms with Crippen LogP contribution in [0.5, 0.6) is 5.75 Å². The van der Waals surface area contributed by atoms with Gasteiger partial charge in [0.25, 0.3) is 5.91 Å². The molecule has 12 heteroatoms. The Labute approximate surface area is 236 Å². The van der Waals surface area contributed by atoms with E-state index >= 15 is 0 Å². The Morgan fingerprint density at radius 3 is 2.10 bits per heavy atom. The second-order valence-corrected chi connectivity index (χ2v) is 10.1. The van der Waals surface area contributed by atoms with Crippen molar-refractivity contribution in [3.63, 3.8) is 0 Å². The van der Waals surface area contributed by atoms with E-state index in [1.165, 1.54) is 45.3 Å². The molecule has 41 heavy (non-hydrogen) atoms. The summed E-state index contributed by atoms with van der Waals surface area (Å²) < 4.78 is 36.9. The van der Waals surface area contributed by atoms with Crippen molar-refractivity contribution >= 4 is 29.2 Å². The van der Waals surface area contributed by atoms with Crippen LogP contribution in [-0.4, -0.2) is 79.0 Å². The van der Waals surface area contributed by atoms with Gasteiger partial charge < -0.3 is 30.1 Å². The van der Waals surface area contributed by atoms with E-state index in [2.05, 4.69) is 15.1 Å². The number of hydrogen-bond donors (Lipinski definition) is 3. The smallest absolute Gasteiger partial charge is 0.490 e. The number of carbonyl (C=O) groups is 3. The van der Waals surface area contributed by atoms with Gasteiger partial charge in [0.1, 0.15) is 5.75 Å². The number of amides is 1. The van der Waals surface area contributed by atoms with Crippen molar-refractivity contribution in [3.8, 4) is 5.75 Å². The molecule has 3 N–H and O–H groups in total. The topological polar surface area (TPSA) is 119 Å². The Bertz CT molecular complexity index is 1180. The average molecular weight is 580 g/mol. The number of carbonyl (C=O) groups excluding carboxylic acids is 1. The lowest BCUT2D eigenvalue weighted by Crippen LogP contribution is -2.37. The number of carboxylic acids is 2. The average Bonchev–Trinajstić information content (AvgIpc) is 2.96. The largest absolute Gasteiger partial charge is 0.497 e. The summed E-state index contributed by atoms with van der Waals surface area (Å²) in [6.07, 6.45) is 2.34. The molecule has 2 aliphatic heterocycles. The highest BCUT2D eigenvalue weighted by Crippen LogP contribution is 2.30. The summed E-state index contributed by atoms with van der Waals surface area (Å²) in [7, 11) is 1.57. The first kappa shape index (κ1) is 31.7. The molecule has 1 amide bonds. The number of anilines is 2. The van der Waals surface area contributed by atoms with Gasteiger partial charge in [-0.2, -0.15) is 13.2 Å². The van der Waals surface area contributed by atoms with Crippen LogP contribution in [0.2, 0.25) is 0 Å². The number of nitrogens with zero attached hydrogens (tertiary/aromatic N) is 2. The molecule has 2 saturated heterocycles. The number of aliphatic carboxylic acids is 1. The van der Waals surface area contributed by atoms with Gasteiger partial charge in [-0.1, -0.05) is 6.42 Å². The van der Waals surface area contributed by atoms with Gasteiger partial charge in [0, 0.05) is 24.3 Å². The Balaban J connectivity index is 0.000000587. The minimum absolute atomic E-state index is 0.222. The third-order valence-electron chi connectivity index (χ3n) is 7.34. The first-order chi connectivity index (χ1) is 19.5. The van der Waals surface area contributed by atoms with Crippen LogP contribution in [0.25, 0.3) is 0 Å². The van der Waals surface area contributed by atoms with E-state index in [0.29, 0.717) is 22.9 Å². The van der Waals surface area contributed by atoms with E-state index in [9.17, 15) is 27.9 Å².